The van der Waals surface area contributed by atoms with Crippen LogP contribution in [0.1, 0.15) is 42.4 Å². The normalized spacial score (nSPS) is 12.6. The van der Waals surface area contributed by atoms with Crippen molar-refractivity contribution in [3.8, 4) is 0 Å². The quantitative estimate of drug-likeness (QED) is 0.612. The highest BCUT2D eigenvalue weighted by Crippen LogP contribution is 2.27. The van der Waals surface area contributed by atoms with Crippen LogP contribution in [0.25, 0.3) is 0 Å². The van der Waals surface area contributed by atoms with Gasteiger partial charge in [-0.3, -0.25) is 0 Å². The molecule has 1 nitrogen and oxygen atoms in total. The average Bonchev–Trinajstić information content (AvgIpc) is 2.54. The number of rotatable bonds is 8. The van der Waals surface area contributed by atoms with Gasteiger partial charge in [-0.2, -0.15) is 0 Å². The fraction of sp³-hybridized carbons (Fsp3) is 0.429. The summed E-state index contributed by atoms with van der Waals surface area (Å²) in [6, 6.07) is 17.5. The second kappa shape index (κ2) is 9.10. The molecule has 124 valence electrons. The van der Waals surface area contributed by atoms with Crippen LogP contribution in [0.2, 0.25) is 5.02 Å². The molecule has 0 aliphatic heterocycles. The maximum Gasteiger partial charge on any atom is 0.0440 e. The Bertz CT molecular complexity index is 592. The summed E-state index contributed by atoms with van der Waals surface area (Å²) >= 11 is 6.46. The Hall–Kier alpha value is -1.31. The first-order valence-corrected chi connectivity index (χ1v) is 8.95. The lowest BCUT2D eigenvalue weighted by molar-refractivity contribution is 0.380. The summed E-state index contributed by atoms with van der Waals surface area (Å²) in [5.74, 6) is 0.534. The standard InChI is InChI=1S/C21H28ClN/c1-4-8-19-12-11-17(16-21(19)22)15-20(13-14-23(2)3)18-9-6-5-7-10-18/h5-7,9-12,16,20H,4,8,13-15H2,1-3H3. The minimum absolute atomic E-state index is 0.534. The highest BCUT2D eigenvalue weighted by Gasteiger charge is 2.13. The first kappa shape index (κ1) is 18.0. The summed E-state index contributed by atoms with van der Waals surface area (Å²) in [4.78, 5) is 2.26. The van der Waals surface area contributed by atoms with E-state index in [1.54, 1.807) is 0 Å². The molecule has 0 heterocycles. The van der Waals surface area contributed by atoms with Gasteiger partial charge in [0, 0.05) is 5.02 Å². The van der Waals surface area contributed by atoms with E-state index in [0.717, 1.165) is 37.3 Å². The van der Waals surface area contributed by atoms with Crippen LogP contribution in [-0.4, -0.2) is 25.5 Å². The highest BCUT2D eigenvalue weighted by molar-refractivity contribution is 6.31. The molecule has 1 unspecified atom stereocenters. The lowest BCUT2D eigenvalue weighted by Crippen LogP contribution is -2.17. The monoisotopic (exact) mass is 329 g/mol. The van der Waals surface area contributed by atoms with Crippen LogP contribution in [0.5, 0.6) is 0 Å². The molecule has 0 spiro atoms. The molecule has 0 bridgehead atoms. The average molecular weight is 330 g/mol. The summed E-state index contributed by atoms with van der Waals surface area (Å²) in [6.45, 7) is 3.29. The Balaban J connectivity index is 2.15. The van der Waals surface area contributed by atoms with E-state index in [2.05, 4.69) is 74.4 Å². The van der Waals surface area contributed by atoms with Crippen LogP contribution < -0.4 is 0 Å². The van der Waals surface area contributed by atoms with Crippen molar-refractivity contribution in [3.63, 3.8) is 0 Å². The Morgan fingerprint density at radius 3 is 2.39 bits per heavy atom. The van der Waals surface area contributed by atoms with Gasteiger partial charge in [0.15, 0.2) is 0 Å². The molecule has 0 aliphatic carbocycles. The first-order valence-electron chi connectivity index (χ1n) is 8.57. The zero-order valence-corrected chi connectivity index (χ0v) is 15.3. The molecule has 0 N–H and O–H groups in total. The van der Waals surface area contributed by atoms with Crippen LogP contribution >= 0.6 is 11.6 Å². The van der Waals surface area contributed by atoms with Crippen molar-refractivity contribution in [1.82, 2.24) is 4.90 Å². The van der Waals surface area contributed by atoms with Crippen molar-refractivity contribution in [1.29, 1.82) is 0 Å². The maximum atomic E-state index is 6.46. The summed E-state index contributed by atoms with van der Waals surface area (Å²) < 4.78 is 0. The van der Waals surface area contributed by atoms with Crippen molar-refractivity contribution >= 4 is 11.6 Å². The molecule has 0 amide bonds. The molecule has 2 aromatic rings. The van der Waals surface area contributed by atoms with Gasteiger partial charge in [0.05, 0.1) is 0 Å². The molecule has 0 aliphatic rings. The van der Waals surface area contributed by atoms with E-state index in [0.29, 0.717) is 5.92 Å². The zero-order chi connectivity index (χ0) is 16.7. The second-order valence-electron chi connectivity index (χ2n) is 6.58. The number of aryl methyl sites for hydroxylation is 1. The molecule has 1 atom stereocenters. The molecule has 0 radical (unpaired) electrons. The lowest BCUT2D eigenvalue weighted by atomic mass is 9.89. The summed E-state index contributed by atoms with van der Waals surface area (Å²) in [7, 11) is 4.27. The number of benzene rings is 2. The SMILES string of the molecule is CCCc1ccc(CC(CCN(C)C)c2ccccc2)cc1Cl. The van der Waals surface area contributed by atoms with Crippen LogP contribution in [0, 0.1) is 0 Å². The van der Waals surface area contributed by atoms with Crippen molar-refractivity contribution in [2.75, 3.05) is 20.6 Å². The van der Waals surface area contributed by atoms with Crippen LogP contribution in [0.4, 0.5) is 0 Å². The van der Waals surface area contributed by atoms with Gasteiger partial charge in [0.25, 0.3) is 0 Å². The molecule has 23 heavy (non-hydrogen) atoms. The van der Waals surface area contributed by atoms with E-state index >= 15 is 0 Å². The summed E-state index contributed by atoms with van der Waals surface area (Å²) in [5, 5.41) is 0.920. The Morgan fingerprint density at radius 2 is 1.78 bits per heavy atom. The van der Waals surface area contributed by atoms with E-state index in [-0.39, 0.29) is 0 Å². The fourth-order valence-electron chi connectivity index (χ4n) is 3.00. The smallest absolute Gasteiger partial charge is 0.0440 e. The molecule has 0 saturated heterocycles. The van der Waals surface area contributed by atoms with E-state index < -0.39 is 0 Å². The fourth-order valence-corrected chi connectivity index (χ4v) is 3.30. The van der Waals surface area contributed by atoms with Gasteiger partial charge in [0.1, 0.15) is 0 Å². The number of nitrogens with zero attached hydrogens (tertiary/aromatic N) is 1. The molecule has 0 fully saturated rings. The van der Waals surface area contributed by atoms with Crippen molar-refractivity contribution in [3.05, 3.63) is 70.2 Å². The van der Waals surface area contributed by atoms with Gasteiger partial charge in [-0.15, -0.1) is 0 Å². The van der Waals surface area contributed by atoms with Gasteiger partial charge in [-0.25, -0.2) is 0 Å². The van der Waals surface area contributed by atoms with Gasteiger partial charge in [-0.1, -0.05) is 67.4 Å². The number of hydrogen-bond donors (Lipinski definition) is 0. The molecule has 0 aromatic heterocycles. The molecule has 2 rings (SSSR count). The second-order valence-corrected chi connectivity index (χ2v) is 6.99. The van der Waals surface area contributed by atoms with Gasteiger partial charge in [-0.05, 0) is 68.6 Å². The lowest BCUT2D eigenvalue weighted by Gasteiger charge is -2.20. The van der Waals surface area contributed by atoms with E-state index in [1.165, 1.54) is 16.7 Å². The predicted molar refractivity (Wildman–Crippen MR) is 102 cm³/mol. The van der Waals surface area contributed by atoms with Gasteiger partial charge in [0.2, 0.25) is 0 Å². The largest absolute Gasteiger partial charge is 0.309 e. The van der Waals surface area contributed by atoms with Crippen molar-refractivity contribution in [2.45, 2.75) is 38.5 Å². The Morgan fingerprint density at radius 1 is 1.04 bits per heavy atom. The maximum absolute atomic E-state index is 6.46. The molecule has 2 heteroatoms. The molecule has 2 aromatic carbocycles. The van der Waals surface area contributed by atoms with Crippen LogP contribution in [0.15, 0.2) is 48.5 Å². The first-order chi connectivity index (χ1) is 11.1. The number of hydrogen-bond acceptors (Lipinski definition) is 1. The van der Waals surface area contributed by atoms with Crippen LogP contribution in [-0.2, 0) is 12.8 Å². The number of halogens is 1. The Labute approximate surface area is 146 Å². The third-order valence-corrected chi connectivity index (χ3v) is 4.67. The van der Waals surface area contributed by atoms with E-state index in [9.17, 15) is 0 Å². The predicted octanol–water partition coefficient (Wildman–Crippen LogP) is 5.57. The van der Waals surface area contributed by atoms with Crippen LogP contribution in [0.3, 0.4) is 0 Å². The van der Waals surface area contributed by atoms with E-state index in [4.69, 9.17) is 11.6 Å². The highest BCUT2D eigenvalue weighted by atomic mass is 35.5. The minimum atomic E-state index is 0.534. The minimum Gasteiger partial charge on any atom is -0.309 e. The van der Waals surface area contributed by atoms with Crippen molar-refractivity contribution in [2.24, 2.45) is 0 Å². The zero-order valence-electron chi connectivity index (χ0n) is 14.6. The van der Waals surface area contributed by atoms with Gasteiger partial charge < -0.3 is 4.90 Å². The molecular formula is C21H28ClN. The Kier molecular flexibility index (Phi) is 7.14. The third kappa shape index (κ3) is 5.67. The summed E-state index contributed by atoms with van der Waals surface area (Å²) in [5.41, 5.74) is 4.02. The topological polar surface area (TPSA) is 3.24 Å². The third-order valence-electron chi connectivity index (χ3n) is 4.31. The van der Waals surface area contributed by atoms with E-state index in [1.807, 2.05) is 0 Å². The summed E-state index contributed by atoms with van der Waals surface area (Å²) in [6.07, 6.45) is 4.39. The van der Waals surface area contributed by atoms with Gasteiger partial charge >= 0.3 is 0 Å². The molecular weight excluding hydrogens is 302 g/mol. The van der Waals surface area contributed by atoms with Crippen molar-refractivity contribution < 1.29 is 0 Å². The molecule has 0 saturated carbocycles.